The van der Waals surface area contributed by atoms with Crippen LogP contribution in [0.3, 0.4) is 0 Å². The van der Waals surface area contributed by atoms with Gasteiger partial charge in [0.05, 0.1) is 6.54 Å². The van der Waals surface area contributed by atoms with Gasteiger partial charge in [-0.2, -0.15) is 5.10 Å². The van der Waals surface area contributed by atoms with Crippen molar-refractivity contribution >= 4 is 12.2 Å². The highest BCUT2D eigenvalue weighted by molar-refractivity contribution is 5.45. The molecule has 1 aromatic rings. The SMILES string of the molecule is O=CNCCn1ccc(N2CCCC2)n1. The molecule has 0 radical (unpaired) electrons. The second-order valence-corrected chi connectivity index (χ2v) is 3.70. The Kier molecular flexibility index (Phi) is 3.22. The molecule has 1 amide bonds. The van der Waals surface area contributed by atoms with E-state index >= 15 is 0 Å². The van der Waals surface area contributed by atoms with Crippen LogP contribution in [0.15, 0.2) is 12.3 Å². The highest BCUT2D eigenvalue weighted by Crippen LogP contribution is 2.16. The van der Waals surface area contributed by atoms with Crippen molar-refractivity contribution in [3.8, 4) is 0 Å². The second kappa shape index (κ2) is 4.82. The van der Waals surface area contributed by atoms with Crippen LogP contribution < -0.4 is 10.2 Å². The molecular weight excluding hydrogens is 192 g/mol. The molecule has 1 aromatic heterocycles. The molecule has 2 heterocycles. The van der Waals surface area contributed by atoms with E-state index in [1.807, 2.05) is 16.9 Å². The summed E-state index contributed by atoms with van der Waals surface area (Å²) < 4.78 is 1.87. The minimum Gasteiger partial charge on any atom is -0.357 e. The fraction of sp³-hybridized carbons (Fsp3) is 0.600. The van der Waals surface area contributed by atoms with Crippen molar-refractivity contribution in [3.63, 3.8) is 0 Å². The number of rotatable bonds is 5. The number of anilines is 1. The molecule has 82 valence electrons. The van der Waals surface area contributed by atoms with Gasteiger partial charge in [0.2, 0.25) is 6.41 Å². The standard InChI is InChI=1S/C10H16N4O/c15-9-11-4-8-14-7-3-10(12-14)13-5-1-2-6-13/h3,7,9H,1-2,4-6,8H2,(H,11,15). The van der Waals surface area contributed by atoms with Crippen molar-refractivity contribution in [3.05, 3.63) is 12.3 Å². The molecule has 1 N–H and O–H groups in total. The lowest BCUT2D eigenvalue weighted by Crippen LogP contribution is -2.20. The van der Waals surface area contributed by atoms with Crippen LogP contribution in [-0.2, 0) is 11.3 Å². The van der Waals surface area contributed by atoms with Crippen LogP contribution in [0.2, 0.25) is 0 Å². The number of amides is 1. The summed E-state index contributed by atoms with van der Waals surface area (Å²) in [5, 5.41) is 7.07. The van der Waals surface area contributed by atoms with Gasteiger partial charge in [0.15, 0.2) is 5.82 Å². The Hall–Kier alpha value is -1.52. The zero-order valence-electron chi connectivity index (χ0n) is 8.72. The molecule has 0 saturated carbocycles. The van der Waals surface area contributed by atoms with Crippen LogP contribution in [0.1, 0.15) is 12.8 Å². The van der Waals surface area contributed by atoms with E-state index < -0.39 is 0 Å². The van der Waals surface area contributed by atoms with E-state index in [0.29, 0.717) is 13.0 Å². The number of carbonyl (C=O) groups is 1. The van der Waals surface area contributed by atoms with E-state index in [4.69, 9.17) is 0 Å². The molecule has 5 nitrogen and oxygen atoms in total. The Morgan fingerprint density at radius 2 is 2.27 bits per heavy atom. The molecule has 0 spiro atoms. The normalized spacial score (nSPS) is 15.6. The van der Waals surface area contributed by atoms with Gasteiger partial charge in [-0.05, 0) is 12.8 Å². The van der Waals surface area contributed by atoms with Gasteiger partial charge < -0.3 is 10.2 Å². The molecule has 1 aliphatic rings. The maximum Gasteiger partial charge on any atom is 0.207 e. The summed E-state index contributed by atoms with van der Waals surface area (Å²) in [6.45, 7) is 3.59. The fourth-order valence-corrected chi connectivity index (χ4v) is 1.83. The van der Waals surface area contributed by atoms with Crippen LogP contribution in [0, 0.1) is 0 Å². The molecule has 15 heavy (non-hydrogen) atoms. The van der Waals surface area contributed by atoms with Gasteiger partial charge >= 0.3 is 0 Å². The number of hydrogen-bond acceptors (Lipinski definition) is 3. The van der Waals surface area contributed by atoms with Crippen molar-refractivity contribution in [2.24, 2.45) is 0 Å². The third-order valence-electron chi connectivity index (χ3n) is 2.63. The number of nitrogens with one attached hydrogen (secondary N) is 1. The largest absolute Gasteiger partial charge is 0.357 e. The van der Waals surface area contributed by atoms with Gasteiger partial charge in [0.25, 0.3) is 0 Å². The van der Waals surface area contributed by atoms with E-state index in [2.05, 4.69) is 15.3 Å². The van der Waals surface area contributed by atoms with Gasteiger partial charge in [0.1, 0.15) is 0 Å². The first-order valence-electron chi connectivity index (χ1n) is 5.35. The Bertz CT molecular complexity index is 317. The van der Waals surface area contributed by atoms with Crippen molar-refractivity contribution < 1.29 is 4.79 Å². The Labute approximate surface area is 89.1 Å². The van der Waals surface area contributed by atoms with E-state index in [9.17, 15) is 4.79 Å². The van der Waals surface area contributed by atoms with Crippen molar-refractivity contribution in [1.29, 1.82) is 0 Å². The molecule has 5 heteroatoms. The van der Waals surface area contributed by atoms with Crippen LogP contribution in [0.4, 0.5) is 5.82 Å². The van der Waals surface area contributed by atoms with E-state index in [1.54, 1.807) is 0 Å². The predicted octanol–water partition coefficient (Wildman–Crippen LogP) is 0.229. The molecule has 0 atom stereocenters. The summed E-state index contributed by atoms with van der Waals surface area (Å²) in [5.41, 5.74) is 0. The molecule has 0 bridgehead atoms. The van der Waals surface area contributed by atoms with E-state index in [1.165, 1.54) is 12.8 Å². The van der Waals surface area contributed by atoms with E-state index in [-0.39, 0.29) is 0 Å². The third kappa shape index (κ3) is 2.49. The van der Waals surface area contributed by atoms with Crippen LogP contribution >= 0.6 is 0 Å². The Morgan fingerprint density at radius 1 is 1.47 bits per heavy atom. The van der Waals surface area contributed by atoms with Gasteiger partial charge in [-0.3, -0.25) is 9.48 Å². The molecule has 2 rings (SSSR count). The molecule has 1 fully saturated rings. The quantitative estimate of drug-likeness (QED) is 0.556. The number of nitrogens with zero attached hydrogens (tertiary/aromatic N) is 3. The summed E-state index contributed by atoms with van der Waals surface area (Å²) >= 11 is 0. The average molecular weight is 208 g/mol. The molecule has 0 aromatic carbocycles. The van der Waals surface area contributed by atoms with Gasteiger partial charge in [-0.1, -0.05) is 0 Å². The maximum atomic E-state index is 10.1. The predicted molar refractivity (Wildman–Crippen MR) is 57.7 cm³/mol. The zero-order chi connectivity index (χ0) is 10.5. The van der Waals surface area contributed by atoms with Gasteiger partial charge in [-0.25, -0.2) is 0 Å². The average Bonchev–Trinajstić information content (AvgIpc) is 2.87. The lowest BCUT2D eigenvalue weighted by molar-refractivity contribution is -0.109. The van der Waals surface area contributed by atoms with Gasteiger partial charge in [0, 0.05) is 31.9 Å². The lowest BCUT2D eigenvalue weighted by atomic mass is 10.4. The molecular formula is C10H16N4O. The number of carbonyl (C=O) groups excluding carboxylic acids is 1. The van der Waals surface area contributed by atoms with Crippen LogP contribution in [-0.4, -0.2) is 35.8 Å². The van der Waals surface area contributed by atoms with Crippen LogP contribution in [0.5, 0.6) is 0 Å². The van der Waals surface area contributed by atoms with Crippen molar-refractivity contribution in [2.75, 3.05) is 24.5 Å². The fourth-order valence-electron chi connectivity index (χ4n) is 1.83. The minimum absolute atomic E-state index is 0.630. The van der Waals surface area contributed by atoms with Gasteiger partial charge in [-0.15, -0.1) is 0 Å². The topological polar surface area (TPSA) is 50.2 Å². The summed E-state index contributed by atoms with van der Waals surface area (Å²) in [6, 6.07) is 2.03. The number of hydrogen-bond donors (Lipinski definition) is 1. The summed E-state index contributed by atoms with van der Waals surface area (Å²) in [7, 11) is 0. The van der Waals surface area contributed by atoms with Crippen molar-refractivity contribution in [1.82, 2.24) is 15.1 Å². The first kappa shape index (κ1) is 10.0. The molecule has 1 saturated heterocycles. The second-order valence-electron chi connectivity index (χ2n) is 3.70. The summed E-state index contributed by atoms with van der Waals surface area (Å²) in [5.74, 6) is 1.05. The summed E-state index contributed by atoms with van der Waals surface area (Å²) in [6.07, 6.45) is 5.20. The Morgan fingerprint density at radius 3 is 3.00 bits per heavy atom. The Balaban J connectivity index is 1.88. The lowest BCUT2D eigenvalue weighted by Gasteiger charge is -2.12. The zero-order valence-corrected chi connectivity index (χ0v) is 8.72. The first-order valence-corrected chi connectivity index (χ1v) is 5.35. The molecule has 0 aliphatic carbocycles. The maximum absolute atomic E-state index is 10.1. The van der Waals surface area contributed by atoms with E-state index in [0.717, 1.165) is 25.5 Å². The van der Waals surface area contributed by atoms with Crippen LogP contribution in [0.25, 0.3) is 0 Å². The molecule has 1 aliphatic heterocycles. The monoisotopic (exact) mass is 208 g/mol. The minimum atomic E-state index is 0.630. The number of aromatic nitrogens is 2. The third-order valence-corrected chi connectivity index (χ3v) is 2.63. The summed E-state index contributed by atoms with van der Waals surface area (Å²) in [4.78, 5) is 12.4. The first-order chi connectivity index (χ1) is 7.40. The smallest absolute Gasteiger partial charge is 0.207 e. The highest BCUT2D eigenvalue weighted by atomic mass is 16.1. The van der Waals surface area contributed by atoms with Crippen molar-refractivity contribution in [2.45, 2.75) is 19.4 Å². The highest BCUT2D eigenvalue weighted by Gasteiger charge is 2.14. The molecule has 0 unspecified atom stereocenters.